The Balaban J connectivity index is 1.62. The highest BCUT2D eigenvalue weighted by molar-refractivity contribution is 7.80. The van der Waals surface area contributed by atoms with Crippen molar-refractivity contribution in [2.75, 3.05) is 36.1 Å². The van der Waals surface area contributed by atoms with Gasteiger partial charge in [-0.05, 0) is 36.5 Å². The minimum absolute atomic E-state index is 0.0321. The number of hydrogen-bond donors (Lipinski definition) is 1. The summed E-state index contributed by atoms with van der Waals surface area (Å²) in [5.41, 5.74) is 0.558. The van der Waals surface area contributed by atoms with Crippen LogP contribution in [0, 0.1) is 0 Å². The van der Waals surface area contributed by atoms with E-state index in [4.69, 9.17) is 21.4 Å². The molecule has 4 rings (SSSR count). The molecule has 27 heavy (non-hydrogen) atoms. The van der Waals surface area contributed by atoms with Crippen LogP contribution in [0.4, 0.5) is 11.6 Å². The van der Waals surface area contributed by atoms with Gasteiger partial charge < -0.3 is 14.1 Å². The van der Waals surface area contributed by atoms with Crippen molar-refractivity contribution in [1.29, 1.82) is 0 Å². The second kappa shape index (κ2) is 7.34. The molecule has 2 aliphatic rings. The first-order valence-electron chi connectivity index (χ1n) is 8.52. The van der Waals surface area contributed by atoms with Crippen molar-refractivity contribution in [2.45, 2.75) is 0 Å². The highest BCUT2D eigenvalue weighted by Crippen LogP contribution is 2.24. The number of nitrogens with one attached hydrogen (secondary N) is 1. The molecule has 1 aromatic heterocycles. The lowest BCUT2D eigenvalue weighted by atomic mass is 10.1. The first kappa shape index (κ1) is 17.4. The molecular formula is C19H17N3O4S. The number of benzene rings is 1. The van der Waals surface area contributed by atoms with Gasteiger partial charge in [0.05, 0.1) is 18.9 Å². The van der Waals surface area contributed by atoms with E-state index in [9.17, 15) is 9.59 Å². The molecule has 2 saturated heterocycles. The Kier molecular flexibility index (Phi) is 4.74. The average Bonchev–Trinajstić information content (AvgIpc) is 3.15. The van der Waals surface area contributed by atoms with Crippen LogP contribution in [0.1, 0.15) is 5.76 Å². The lowest BCUT2D eigenvalue weighted by molar-refractivity contribution is -0.122. The number of anilines is 2. The molecule has 0 radical (unpaired) electrons. The fourth-order valence-corrected chi connectivity index (χ4v) is 3.27. The maximum Gasteiger partial charge on any atom is 0.270 e. The molecular weight excluding hydrogens is 366 g/mol. The first-order chi connectivity index (χ1) is 13.1. The maximum absolute atomic E-state index is 12.9. The zero-order valence-corrected chi connectivity index (χ0v) is 15.2. The molecule has 0 aliphatic carbocycles. The Hall–Kier alpha value is -2.97. The summed E-state index contributed by atoms with van der Waals surface area (Å²) in [6.45, 7) is 2.75. The minimum Gasteiger partial charge on any atom is -0.441 e. The van der Waals surface area contributed by atoms with E-state index < -0.39 is 11.8 Å². The predicted molar refractivity (Wildman–Crippen MR) is 104 cm³/mol. The zero-order valence-electron chi connectivity index (χ0n) is 14.4. The van der Waals surface area contributed by atoms with Gasteiger partial charge in [-0.1, -0.05) is 18.2 Å². The Morgan fingerprint density at radius 2 is 1.78 bits per heavy atom. The molecule has 2 fully saturated rings. The van der Waals surface area contributed by atoms with E-state index >= 15 is 0 Å². The second-order valence-electron chi connectivity index (χ2n) is 6.07. The van der Waals surface area contributed by atoms with Crippen LogP contribution in [0.15, 0.2) is 52.5 Å². The number of furan rings is 1. The molecule has 0 bridgehead atoms. The summed E-state index contributed by atoms with van der Waals surface area (Å²) in [7, 11) is 0. The van der Waals surface area contributed by atoms with Crippen molar-refractivity contribution in [3.05, 3.63) is 53.8 Å². The van der Waals surface area contributed by atoms with Gasteiger partial charge in [0.1, 0.15) is 11.3 Å². The van der Waals surface area contributed by atoms with Gasteiger partial charge in [-0.25, -0.2) is 0 Å². The Bertz CT molecular complexity index is 916. The van der Waals surface area contributed by atoms with Crippen LogP contribution in [0.2, 0.25) is 0 Å². The number of amides is 2. The average molecular weight is 383 g/mol. The number of nitrogens with zero attached hydrogens (tertiary/aromatic N) is 2. The van der Waals surface area contributed by atoms with Crippen LogP contribution in [0.5, 0.6) is 0 Å². The van der Waals surface area contributed by atoms with Gasteiger partial charge in [-0.2, -0.15) is 0 Å². The number of morpholine rings is 1. The van der Waals surface area contributed by atoms with Crippen molar-refractivity contribution in [2.24, 2.45) is 0 Å². The summed E-state index contributed by atoms with van der Waals surface area (Å²) in [5, 5.41) is 2.62. The van der Waals surface area contributed by atoms with Gasteiger partial charge in [0.25, 0.3) is 11.8 Å². The van der Waals surface area contributed by atoms with Gasteiger partial charge in [0.2, 0.25) is 0 Å². The lowest BCUT2D eigenvalue weighted by Crippen LogP contribution is -2.54. The largest absolute Gasteiger partial charge is 0.441 e. The molecule has 0 saturated carbocycles. The number of carbonyl (C=O) groups excluding carboxylic acids is 2. The van der Waals surface area contributed by atoms with E-state index in [2.05, 4.69) is 10.2 Å². The molecule has 0 unspecified atom stereocenters. The number of hydrogen-bond acceptors (Lipinski definition) is 6. The molecule has 0 spiro atoms. The van der Waals surface area contributed by atoms with Crippen LogP contribution >= 0.6 is 12.2 Å². The van der Waals surface area contributed by atoms with Gasteiger partial charge in [-0.3, -0.25) is 19.8 Å². The Morgan fingerprint density at radius 3 is 2.52 bits per heavy atom. The van der Waals surface area contributed by atoms with Crippen LogP contribution in [0.25, 0.3) is 6.08 Å². The summed E-state index contributed by atoms with van der Waals surface area (Å²) in [5.74, 6) is 0.0841. The van der Waals surface area contributed by atoms with Gasteiger partial charge in [0, 0.05) is 19.2 Å². The fourth-order valence-electron chi connectivity index (χ4n) is 2.98. The van der Waals surface area contributed by atoms with Crippen molar-refractivity contribution < 1.29 is 18.7 Å². The van der Waals surface area contributed by atoms with E-state index in [0.717, 1.165) is 13.1 Å². The minimum atomic E-state index is -0.540. The topological polar surface area (TPSA) is 75.0 Å². The third-order valence-electron chi connectivity index (χ3n) is 4.34. The summed E-state index contributed by atoms with van der Waals surface area (Å²) < 4.78 is 11.1. The molecule has 138 valence electrons. The quantitative estimate of drug-likeness (QED) is 0.496. The number of rotatable bonds is 3. The molecule has 3 heterocycles. The normalized spacial score (nSPS) is 19.6. The van der Waals surface area contributed by atoms with Crippen LogP contribution in [-0.4, -0.2) is 43.2 Å². The molecule has 2 amide bonds. The third-order valence-corrected chi connectivity index (χ3v) is 4.62. The summed E-state index contributed by atoms with van der Waals surface area (Å²) >= 11 is 5.17. The van der Waals surface area contributed by atoms with Gasteiger partial charge >= 0.3 is 0 Å². The van der Waals surface area contributed by atoms with E-state index in [-0.39, 0.29) is 10.7 Å². The lowest BCUT2D eigenvalue weighted by Gasteiger charge is -2.28. The van der Waals surface area contributed by atoms with Crippen molar-refractivity contribution in [1.82, 2.24) is 5.32 Å². The molecule has 1 N–H and O–H groups in total. The Morgan fingerprint density at radius 1 is 1.04 bits per heavy atom. The Labute approximate surface area is 161 Å². The van der Waals surface area contributed by atoms with Gasteiger partial charge in [0.15, 0.2) is 11.0 Å². The molecule has 8 heteroatoms. The van der Waals surface area contributed by atoms with Gasteiger partial charge in [-0.15, -0.1) is 0 Å². The SMILES string of the molecule is O=C1NC(=S)N(c2ccccc2)C(=O)C1=Cc1ccc(N2CCOCC2)o1. The maximum atomic E-state index is 12.9. The summed E-state index contributed by atoms with van der Waals surface area (Å²) in [4.78, 5) is 28.6. The van der Waals surface area contributed by atoms with Crippen LogP contribution < -0.4 is 15.1 Å². The molecule has 0 atom stereocenters. The highest BCUT2D eigenvalue weighted by Gasteiger charge is 2.34. The molecule has 2 aliphatic heterocycles. The number of ether oxygens (including phenoxy) is 1. The standard InChI is InChI=1S/C19H17N3O4S/c23-17-15(12-14-6-7-16(26-14)21-8-10-25-11-9-21)18(24)22(19(27)20-17)13-4-2-1-3-5-13/h1-7,12H,8-11H2,(H,20,23,27). The smallest absolute Gasteiger partial charge is 0.270 e. The predicted octanol–water partition coefficient (Wildman–Crippen LogP) is 1.95. The highest BCUT2D eigenvalue weighted by atomic mass is 32.1. The number of thiocarbonyl (C=S) groups is 1. The van der Waals surface area contributed by atoms with E-state index in [0.29, 0.717) is 30.5 Å². The number of para-hydroxylation sites is 1. The van der Waals surface area contributed by atoms with E-state index in [1.54, 1.807) is 30.3 Å². The fraction of sp³-hybridized carbons (Fsp3) is 0.211. The summed E-state index contributed by atoms with van der Waals surface area (Å²) in [6, 6.07) is 12.5. The monoisotopic (exact) mass is 383 g/mol. The molecule has 1 aromatic carbocycles. The third kappa shape index (κ3) is 3.49. The van der Waals surface area contributed by atoms with Crippen LogP contribution in [-0.2, 0) is 14.3 Å². The zero-order chi connectivity index (χ0) is 18.8. The van der Waals surface area contributed by atoms with Crippen molar-refractivity contribution >= 4 is 46.8 Å². The van der Waals surface area contributed by atoms with E-state index in [1.807, 2.05) is 12.1 Å². The number of carbonyl (C=O) groups is 2. The van der Waals surface area contributed by atoms with Crippen molar-refractivity contribution in [3.63, 3.8) is 0 Å². The van der Waals surface area contributed by atoms with Crippen molar-refractivity contribution in [3.8, 4) is 0 Å². The molecule has 7 nitrogen and oxygen atoms in total. The first-order valence-corrected chi connectivity index (χ1v) is 8.93. The summed E-state index contributed by atoms with van der Waals surface area (Å²) in [6.07, 6.45) is 1.44. The van der Waals surface area contributed by atoms with E-state index in [1.165, 1.54) is 11.0 Å². The molecule has 2 aromatic rings. The second-order valence-corrected chi connectivity index (χ2v) is 6.46. The van der Waals surface area contributed by atoms with Crippen LogP contribution in [0.3, 0.4) is 0 Å².